The first-order valence-corrected chi connectivity index (χ1v) is 4.41. The summed E-state index contributed by atoms with van der Waals surface area (Å²) < 4.78 is 36.0. The van der Waals surface area contributed by atoms with E-state index in [0.29, 0.717) is 11.5 Å². The number of nitrogens with zero attached hydrogens (tertiary/aromatic N) is 1. The van der Waals surface area contributed by atoms with Gasteiger partial charge in [-0.2, -0.15) is 13.2 Å². The monoisotopic (exact) mass is 219 g/mol. The van der Waals surface area contributed by atoms with Crippen LogP contribution in [0.25, 0.3) is 0 Å². The number of hydrogen-bond donors (Lipinski definition) is 2. The van der Waals surface area contributed by atoms with E-state index in [0.717, 1.165) is 0 Å². The molecule has 0 amide bonds. The topological polar surface area (TPSA) is 50.9 Å². The van der Waals surface area contributed by atoms with Crippen molar-refractivity contribution in [2.75, 3.05) is 11.1 Å². The lowest BCUT2D eigenvalue weighted by atomic mass is 10.2. The molecule has 3 nitrogen and oxygen atoms in total. The molecule has 0 aromatic carbocycles. The second kappa shape index (κ2) is 4.37. The number of rotatable bonds is 3. The molecule has 0 radical (unpaired) electrons. The Bertz CT molecular complexity index is 325. The van der Waals surface area contributed by atoms with Crippen LogP contribution in [0.3, 0.4) is 0 Å². The predicted molar refractivity (Wildman–Crippen MR) is 52.4 cm³/mol. The summed E-state index contributed by atoms with van der Waals surface area (Å²) in [5, 5.41) is 2.63. The molecule has 0 fully saturated rings. The zero-order valence-electron chi connectivity index (χ0n) is 8.17. The fourth-order valence-corrected chi connectivity index (χ4v) is 1.18. The molecule has 0 aliphatic rings. The lowest BCUT2D eigenvalue weighted by Crippen LogP contribution is -2.24. The van der Waals surface area contributed by atoms with Crippen LogP contribution >= 0.6 is 0 Å². The van der Waals surface area contributed by atoms with Crippen LogP contribution < -0.4 is 11.1 Å². The van der Waals surface area contributed by atoms with Crippen molar-refractivity contribution in [1.82, 2.24) is 4.98 Å². The Morgan fingerprint density at radius 2 is 2.20 bits per heavy atom. The summed E-state index contributed by atoms with van der Waals surface area (Å²) in [7, 11) is 0. The normalized spacial score (nSPS) is 13.6. The molecule has 1 atom stereocenters. The third-order valence-corrected chi connectivity index (χ3v) is 1.72. The van der Waals surface area contributed by atoms with Gasteiger partial charge < -0.3 is 11.1 Å². The second-order valence-electron chi connectivity index (χ2n) is 3.34. The maximum absolute atomic E-state index is 12.0. The van der Waals surface area contributed by atoms with Gasteiger partial charge in [-0.05, 0) is 13.0 Å². The van der Waals surface area contributed by atoms with Crippen molar-refractivity contribution in [1.29, 1.82) is 0 Å². The van der Waals surface area contributed by atoms with Crippen LogP contribution in [-0.2, 0) is 0 Å². The number of nitrogen functional groups attached to an aromatic ring is 1. The molecule has 1 unspecified atom stereocenters. The molecule has 84 valence electrons. The fraction of sp³-hybridized carbons (Fsp3) is 0.444. The van der Waals surface area contributed by atoms with Crippen molar-refractivity contribution < 1.29 is 13.2 Å². The summed E-state index contributed by atoms with van der Waals surface area (Å²) in [6.45, 7) is 1.44. The van der Waals surface area contributed by atoms with Gasteiger partial charge in [-0.1, -0.05) is 0 Å². The van der Waals surface area contributed by atoms with Gasteiger partial charge in [0.1, 0.15) is 5.82 Å². The Labute approximate surface area is 85.5 Å². The largest absolute Gasteiger partial charge is 0.399 e. The first kappa shape index (κ1) is 11.6. The Hall–Kier alpha value is -1.46. The molecule has 0 aliphatic heterocycles. The lowest BCUT2D eigenvalue weighted by Gasteiger charge is -2.16. The predicted octanol–water partition coefficient (Wildman–Crippen LogP) is 2.42. The number of hydrogen-bond acceptors (Lipinski definition) is 3. The summed E-state index contributed by atoms with van der Waals surface area (Å²) in [6, 6.07) is 2.34. The Balaban J connectivity index is 2.55. The third kappa shape index (κ3) is 4.53. The molecule has 1 aromatic heterocycles. The highest BCUT2D eigenvalue weighted by Crippen LogP contribution is 2.23. The van der Waals surface area contributed by atoms with E-state index in [1.807, 2.05) is 0 Å². The van der Waals surface area contributed by atoms with E-state index < -0.39 is 18.6 Å². The maximum Gasteiger partial charge on any atom is 0.391 e. The van der Waals surface area contributed by atoms with Gasteiger partial charge in [-0.3, -0.25) is 0 Å². The molecule has 0 bridgehead atoms. The quantitative estimate of drug-likeness (QED) is 0.820. The molecular formula is C9H12F3N3. The number of halogens is 3. The van der Waals surface area contributed by atoms with Gasteiger partial charge in [0.2, 0.25) is 0 Å². The van der Waals surface area contributed by atoms with Gasteiger partial charge in [-0.25, -0.2) is 4.98 Å². The van der Waals surface area contributed by atoms with E-state index in [1.54, 1.807) is 6.07 Å². The summed E-state index contributed by atoms with van der Waals surface area (Å²) >= 11 is 0. The molecule has 1 heterocycles. The Morgan fingerprint density at radius 3 is 2.73 bits per heavy atom. The fourth-order valence-electron chi connectivity index (χ4n) is 1.18. The van der Waals surface area contributed by atoms with Crippen molar-refractivity contribution in [2.24, 2.45) is 0 Å². The van der Waals surface area contributed by atoms with Crippen LogP contribution in [0.2, 0.25) is 0 Å². The van der Waals surface area contributed by atoms with E-state index in [9.17, 15) is 13.2 Å². The average molecular weight is 219 g/mol. The van der Waals surface area contributed by atoms with E-state index >= 15 is 0 Å². The van der Waals surface area contributed by atoms with Gasteiger partial charge in [0.15, 0.2) is 0 Å². The van der Waals surface area contributed by atoms with Crippen LogP contribution in [0, 0.1) is 0 Å². The van der Waals surface area contributed by atoms with Crippen molar-refractivity contribution >= 4 is 11.5 Å². The van der Waals surface area contributed by atoms with Crippen LogP contribution in [0.5, 0.6) is 0 Å². The molecule has 0 spiro atoms. The number of nitrogens with two attached hydrogens (primary N) is 1. The molecule has 15 heavy (non-hydrogen) atoms. The first-order chi connectivity index (χ1) is 6.87. The van der Waals surface area contributed by atoms with Gasteiger partial charge in [0, 0.05) is 24.0 Å². The molecule has 1 aromatic rings. The van der Waals surface area contributed by atoms with Gasteiger partial charge >= 0.3 is 6.18 Å². The molecular weight excluding hydrogens is 207 g/mol. The van der Waals surface area contributed by atoms with Gasteiger partial charge in [-0.15, -0.1) is 0 Å². The molecule has 1 rings (SSSR count). The minimum absolute atomic E-state index is 0.353. The van der Waals surface area contributed by atoms with E-state index in [1.165, 1.54) is 19.2 Å². The van der Waals surface area contributed by atoms with Gasteiger partial charge in [0.05, 0.1) is 6.42 Å². The number of nitrogens with one attached hydrogen (secondary N) is 1. The highest BCUT2D eigenvalue weighted by Gasteiger charge is 2.29. The number of alkyl halides is 3. The van der Waals surface area contributed by atoms with Crippen LogP contribution in [0.4, 0.5) is 24.7 Å². The highest BCUT2D eigenvalue weighted by molar-refractivity contribution is 5.48. The smallest absolute Gasteiger partial charge is 0.391 e. The molecule has 0 saturated carbocycles. The maximum atomic E-state index is 12.0. The standard InChI is InChI=1S/C9H12F3N3/c1-6(5-9(10,11)12)15-8-4-7(13)2-3-14-8/h2-4,6H,5H2,1H3,(H3,13,14,15). The van der Waals surface area contributed by atoms with Crippen molar-refractivity contribution in [3.8, 4) is 0 Å². The summed E-state index contributed by atoms with van der Waals surface area (Å²) in [6.07, 6.45) is -3.63. The van der Waals surface area contributed by atoms with Crippen LogP contribution in [0.1, 0.15) is 13.3 Å². The molecule has 0 aliphatic carbocycles. The molecule has 3 N–H and O–H groups in total. The molecule has 0 saturated heterocycles. The van der Waals surface area contributed by atoms with Crippen LogP contribution in [-0.4, -0.2) is 17.2 Å². The summed E-state index contributed by atoms with van der Waals surface area (Å²) in [4.78, 5) is 3.85. The SMILES string of the molecule is CC(CC(F)(F)F)Nc1cc(N)ccn1. The average Bonchev–Trinajstić information content (AvgIpc) is 1.99. The first-order valence-electron chi connectivity index (χ1n) is 4.41. The Morgan fingerprint density at radius 1 is 1.53 bits per heavy atom. The number of aromatic nitrogens is 1. The summed E-state index contributed by atoms with van der Waals surface area (Å²) in [5.74, 6) is 0.353. The zero-order valence-corrected chi connectivity index (χ0v) is 8.17. The van der Waals surface area contributed by atoms with Crippen molar-refractivity contribution in [2.45, 2.75) is 25.6 Å². The van der Waals surface area contributed by atoms with E-state index in [2.05, 4.69) is 10.3 Å². The lowest BCUT2D eigenvalue weighted by molar-refractivity contribution is -0.136. The Kier molecular flexibility index (Phi) is 3.39. The molecule has 6 heteroatoms. The minimum Gasteiger partial charge on any atom is -0.399 e. The minimum atomic E-state index is -4.17. The van der Waals surface area contributed by atoms with E-state index in [-0.39, 0.29) is 0 Å². The second-order valence-corrected chi connectivity index (χ2v) is 3.34. The van der Waals surface area contributed by atoms with Crippen molar-refractivity contribution in [3.63, 3.8) is 0 Å². The third-order valence-electron chi connectivity index (χ3n) is 1.72. The van der Waals surface area contributed by atoms with E-state index in [4.69, 9.17) is 5.73 Å². The summed E-state index contributed by atoms with van der Waals surface area (Å²) in [5.41, 5.74) is 5.92. The zero-order chi connectivity index (χ0) is 11.5. The number of pyridine rings is 1. The van der Waals surface area contributed by atoms with Crippen LogP contribution in [0.15, 0.2) is 18.3 Å². The van der Waals surface area contributed by atoms with Crippen molar-refractivity contribution in [3.05, 3.63) is 18.3 Å². The number of anilines is 2. The highest BCUT2D eigenvalue weighted by atomic mass is 19.4. The van der Waals surface area contributed by atoms with Gasteiger partial charge in [0.25, 0.3) is 0 Å².